The smallest absolute Gasteiger partial charge is 1.00 e. The average molecular weight is 158 g/mol. The number of rotatable bonds is 0. The summed E-state index contributed by atoms with van der Waals surface area (Å²) in [6.45, 7) is -0.500. The van der Waals surface area contributed by atoms with Crippen molar-refractivity contribution in [2.24, 2.45) is 0 Å². The van der Waals surface area contributed by atoms with Crippen LogP contribution in [0.4, 0.5) is 0 Å². The summed E-state index contributed by atoms with van der Waals surface area (Å²) in [7, 11) is 0. The minimum absolute atomic E-state index is 0. The van der Waals surface area contributed by atoms with E-state index in [-0.39, 0.29) is 84.5 Å². The maximum atomic E-state index is 8.36. The molecule has 0 aromatic rings. The fourth-order valence-electron chi connectivity index (χ4n) is 0. The van der Waals surface area contributed by atoms with Gasteiger partial charge in [0, 0.05) is 0 Å². The molecule has 0 saturated carbocycles. The Morgan fingerprint density at radius 1 is 1.12 bits per heavy atom. The molecule has 6 heteroatoms. The zero-order chi connectivity index (χ0) is 5.41. The molecule has 4 nitrogen and oxygen atoms in total. The molecule has 0 heterocycles. The summed E-state index contributed by atoms with van der Waals surface area (Å²) < 4.78 is 0. The third-order valence-electron chi connectivity index (χ3n) is 0. The van der Waals surface area contributed by atoms with E-state index in [1.807, 2.05) is 0 Å². The van der Waals surface area contributed by atoms with Crippen molar-refractivity contribution in [3.8, 4) is 0 Å². The SMILES string of the molecule is O=CO.O=CO.[Ca+2].[H-].[H-].[H-].[Na+]. The molecule has 0 spiro atoms. The van der Waals surface area contributed by atoms with Crippen LogP contribution in [0.15, 0.2) is 0 Å². The number of hydrogen-bond acceptors (Lipinski definition) is 2. The van der Waals surface area contributed by atoms with Gasteiger partial charge in [-0.2, -0.15) is 0 Å². The van der Waals surface area contributed by atoms with Crippen molar-refractivity contribution in [3.63, 3.8) is 0 Å². The maximum absolute atomic E-state index is 8.36. The summed E-state index contributed by atoms with van der Waals surface area (Å²) in [4.78, 5) is 16.7. The molecule has 2 N–H and O–H groups in total. The summed E-state index contributed by atoms with van der Waals surface area (Å²) >= 11 is 0. The molecule has 0 aromatic carbocycles. The van der Waals surface area contributed by atoms with Crippen LogP contribution in [0.5, 0.6) is 0 Å². The van der Waals surface area contributed by atoms with E-state index >= 15 is 0 Å². The fraction of sp³-hybridized carbons (Fsp3) is 0. The zero-order valence-corrected chi connectivity index (χ0v) is 8.78. The Kier molecular flexibility index (Phi) is 119. The van der Waals surface area contributed by atoms with Crippen molar-refractivity contribution in [1.82, 2.24) is 0 Å². The fourth-order valence-corrected chi connectivity index (χ4v) is 0. The second-order valence-electron chi connectivity index (χ2n) is 0.211. The van der Waals surface area contributed by atoms with Crippen LogP contribution in [0.3, 0.4) is 0 Å². The Morgan fingerprint density at radius 3 is 1.12 bits per heavy atom. The largest absolute Gasteiger partial charge is 2.00 e. The molecule has 0 aromatic heterocycles. The first kappa shape index (κ1) is 22.9. The molecular weight excluding hydrogens is 151 g/mol. The van der Waals surface area contributed by atoms with Crippen molar-refractivity contribution in [2.45, 2.75) is 0 Å². The van der Waals surface area contributed by atoms with Crippen LogP contribution in [-0.2, 0) is 9.59 Å². The normalized spacial score (nSPS) is 3.00. The van der Waals surface area contributed by atoms with Crippen LogP contribution in [0.25, 0.3) is 0 Å². The third kappa shape index (κ3) is 192. The first-order valence-corrected chi connectivity index (χ1v) is 0.988. The Labute approximate surface area is 103 Å². The summed E-state index contributed by atoms with van der Waals surface area (Å²) in [6, 6.07) is 0. The van der Waals surface area contributed by atoms with Gasteiger partial charge in [-0.05, 0) is 0 Å². The molecule has 0 amide bonds. The van der Waals surface area contributed by atoms with E-state index < -0.39 is 0 Å². The van der Waals surface area contributed by atoms with Crippen molar-refractivity contribution in [2.75, 3.05) is 0 Å². The minimum atomic E-state index is -0.250. The van der Waals surface area contributed by atoms with Crippen LogP contribution in [-0.4, -0.2) is 60.9 Å². The van der Waals surface area contributed by atoms with Gasteiger partial charge in [0.2, 0.25) is 0 Å². The zero-order valence-electron chi connectivity index (χ0n) is 7.57. The number of carboxylic acid groups (broad SMARTS) is 2. The van der Waals surface area contributed by atoms with Crippen LogP contribution < -0.4 is 29.6 Å². The van der Waals surface area contributed by atoms with Crippen molar-refractivity contribution >= 4 is 50.7 Å². The van der Waals surface area contributed by atoms with Gasteiger partial charge >= 0.3 is 67.3 Å². The van der Waals surface area contributed by atoms with Gasteiger partial charge in [-0.15, -0.1) is 0 Å². The van der Waals surface area contributed by atoms with E-state index in [0.29, 0.717) is 0 Å². The van der Waals surface area contributed by atoms with Gasteiger partial charge in [-0.3, -0.25) is 9.59 Å². The maximum Gasteiger partial charge on any atom is 2.00 e. The van der Waals surface area contributed by atoms with E-state index in [0.717, 1.165) is 0 Å². The standard InChI is InChI=1S/2CH2O2.Ca.Na.3H/c2*2-1-3;;;;;/h2*1H,(H,2,3);;;;;/q;;+2;+1;3*-1. The molecule has 0 rings (SSSR count). The predicted molar refractivity (Wildman–Crippen MR) is 26.5 cm³/mol. The van der Waals surface area contributed by atoms with E-state index in [4.69, 9.17) is 19.8 Å². The first-order valence-electron chi connectivity index (χ1n) is 0.988. The summed E-state index contributed by atoms with van der Waals surface area (Å²) in [6.07, 6.45) is 0. The van der Waals surface area contributed by atoms with E-state index in [2.05, 4.69) is 0 Å². The molecule has 0 bridgehead atoms. The second kappa shape index (κ2) is 41.5. The van der Waals surface area contributed by atoms with Crippen LogP contribution >= 0.6 is 0 Å². The molecule has 8 heavy (non-hydrogen) atoms. The minimum Gasteiger partial charge on any atom is -1.00 e. The molecule has 0 atom stereocenters. The molecule has 0 fully saturated rings. The predicted octanol–water partition coefficient (Wildman–Crippen LogP) is -3.64. The molecule has 0 saturated heterocycles. The number of hydrogen-bond donors (Lipinski definition) is 2. The summed E-state index contributed by atoms with van der Waals surface area (Å²) in [5.74, 6) is 0. The van der Waals surface area contributed by atoms with Crippen LogP contribution in [0.2, 0.25) is 0 Å². The molecule has 0 aliphatic carbocycles. The van der Waals surface area contributed by atoms with E-state index in [1.165, 1.54) is 0 Å². The number of carbonyl (C=O) groups is 2. The van der Waals surface area contributed by atoms with Gasteiger partial charge in [0.15, 0.2) is 0 Å². The molecular formula is C2H7CaNaO4. The second-order valence-corrected chi connectivity index (χ2v) is 0.211. The van der Waals surface area contributed by atoms with Crippen molar-refractivity contribution in [3.05, 3.63) is 0 Å². The van der Waals surface area contributed by atoms with Crippen molar-refractivity contribution < 1.29 is 53.6 Å². The Hall–Kier alpha value is 1.20. The van der Waals surface area contributed by atoms with Gasteiger partial charge in [0.05, 0.1) is 0 Å². The van der Waals surface area contributed by atoms with E-state index in [9.17, 15) is 0 Å². The summed E-state index contributed by atoms with van der Waals surface area (Å²) in [5.41, 5.74) is 0. The van der Waals surface area contributed by atoms with Gasteiger partial charge in [-0.1, -0.05) is 0 Å². The van der Waals surface area contributed by atoms with E-state index in [1.54, 1.807) is 0 Å². The van der Waals surface area contributed by atoms with Crippen LogP contribution in [0, 0.1) is 0 Å². The molecule has 42 valence electrons. The Bertz CT molecular complexity index is 44.3. The van der Waals surface area contributed by atoms with Crippen LogP contribution in [0.1, 0.15) is 4.28 Å². The molecule has 0 radical (unpaired) electrons. The van der Waals surface area contributed by atoms with Gasteiger partial charge in [0.1, 0.15) is 0 Å². The quantitative estimate of drug-likeness (QED) is 0.282. The monoisotopic (exact) mass is 158 g/mol. The van der Waals surface area contributed by atoms with Gasteiger partial charge in [-0.25, -0.2) is 0 Å². The summed E-state index contributed by atoms with van der Waals surface area (Å²) in [5, 5.41) is 13.8. The van der Waals surface area contributed by atoms with Crippen molar-refractivity contribution in [1.29, 1.82) is 0 Å². The molecule has 0 aliphatic rings. The Balaban J connectivity index is -0.00000000400. The average Bonchev–Trinajstić information content (AvgIpc) is 1.39. The van der Waals surface area contributed by atoms with Gasteiger partial charge in [0.25, 0.3) is 12.9 Å². The van der Waals surface area contributed by atoms with Gasteiger partial charge < -0.3 is 14.5 Å². The Morgan fingerprint density at radius 2 is 1.12 bits per heavy atom. The molecule has 0 unspecified atom stereocenters. The third-order valence-corrected chi connectivity index (χ3v) is 0. The topological polar surface area (TPSA) is 74.6 Å². The first-order chi connectivity index (χ1) is 2.83. The molecule has 0 aliphatic heterocycles.